The molecule has 1 saturated heterocycles. The minimum Gasteiger partial charge on any atom is -0.325 e. The average Bonchev–Trinajstić information content (AvgIpc) is 2.69. The van der Waals surface area contributed by atoms with Crippen molar-refractivity contribution in [3.05, 3.63) is 77.4 Å². The van der Waals surface area contributed by atoms with Gasteiger partial charge in [0.25, 0.3) is 0 Å². The molecule has 150 valence electrons. The second kappa shape index (κ2) is 8.76. The van der Waals surface area contributed by atoms with E-state index in [1.807, 2.05) is 12.1 Å². The zero-order valence-electron chi connectivity index (χ0n) is 17.3. The Morgan fingerprint density at radius 1 is 0.862 bits per heavy atom. The minimum absolute atomic E-state index is 0.0671. The number of nitrogens with one attached hydrogen (secondary N) is 1. The standard InChI is InChI=1S/C25H29N3O/c1-19-14-20(2)16-23(15-19)26-25(29)18-28-12-10-27(11-13-28)17-22-8-5-7-21-6-3-4-9-24(21)22/h3-9,14-16H,10-13,17-18H2,1-2H3,(H,26,29). The predicted octanol–water partition coefficient (Wildman–Crippen LogP) is 4.21. The van der Waals surface area contributed by atoms with Crippen molar-refractivity contribution in [2.45, 2.75) is 20.4 Å². The van der Waals surface area contributed by atoms with Gasteiger partial charge in [-0.1, -0.05) is 48.5 Å². The van der Waals surface area contributed by atoms with Gasteiger partial charge >= 0.3 is 0 Å². The van der Waals surface area contributed by atoms with Gasteiger partial charge in [-0.15, -0.1) is 0 Å². The van der Waals surface area contributed by atoms with Gasteiger partial charge in [0.15, 0.2) is 0 Å². The molecule has 0 atom stereocenters. The molecule has 4 rings (SSSR count). The van der Waals surface area contributed by atoms with Crippen LogP contribution >= 0.6 is 0 Å². The minimum atomic E-state index is 0.0671. The molecule has 1 aliphatic rings. The van der Waals surface area contributed by atoms with E-state index < -0.39 is 0 Å². The number of rotatable bonds is 5. The lowest BCUT2D eigenvalue weighted by molar-refractivity contribution is -0.117. The second-order valence-corrected chi connectivity index (χ2v) is 8.12. The lowest BCUT2D eigenvalue weighted by atomic mass is 10.0. The van der Waals surface area contributed by atoms with Crippen LogP contribution in [0.2, 0.25) is 0 Å². The number of hydrogen-bond donors (Lipinski definition) is 1. The molecular weight excluding hydrogens is 358 g/mol. The molecule has 4 nitrogen and oxygen atoms in total. The molecule has 4 heteroatoms. The van der Waals surface area contributed by atoms with Crippen molar-refractivity contribution in [2.75, 3.05) is 38.0 Å². The molecule has 1 amide bonds. The first-order valence-corrected chi connectivity index (χ1v) is 10.4. The molecular formula is C25H29N3O. The summed E-state index contributed by atoms with van der Waals surface area (Å²) in [6, 6.07) is 21.3. The van der Waals surface area contributed by atoms with Crippen LogP contribution in [0.4, 0.5) is 5.69 Å². The van der Waals surface area contributed by atoms with Crippen LogP contribution in [0.5, 0.6) is 0 Å². The van der Waals surface area contributed by atoms with E-state index in [1.54, 1.807) is 0 Å². The number of nitrogens with zero attached hydrogens (tertiary/aromatic N) is 2. The highest BCUT2D eigenvalue weighted by atomic mass is 16.2. The summed E-state index contributed by atoms with van der Waals surface area (Å²) < 4.78 is 0. The van der Waals surface area contributed by atoms with Crippen molar-refractivity contribution in [2.24, 2.45) is 0 Å². The van der Waals surface area contributed by atoms with E-state index in [9.17, 15) is 4.79 Å². The molecule has 0 unspecified atom stereocenters. The van der Waals surface area contributed by atoms with E-state index in [-0.39, 0.29) is 5.91 Å². The summed E-state index contributed by atoms with van der Waals surface area (Å²) in [5, 5.41) is 5.68. The lowest BCUT2D eigenvalue weighted by Gasteiger charge is -2.34. The Balaban J connectivity index is 1.29. The number of benzene rings is 3. The zero-order chi connectivity index (χ0) is 20.2. The highest BCUT2D eigenvalue weighted by Gasteiger charge is 2.19. The summed E-state index contributed by atoms with van der Waals surface area (Å²) in [7, 11) is 0. The Morgan fingerprint density at radius 2 is 1.52 bits per heavy atom. The molecule has 0 spiro atoms. The fourth-order valence-electron chi connectivity index (χ4n) is 4.23. The molecule has 0 aliphatic carbocycles. The number of aryl methyl sites for hydroxylation is 2. The average molecular weight is 388 g/mol. The number of amides is 1. The van der Waals surface area contributed by atoms with Crippen molar-refractivity contribution < 1.29 is 4.79 Å². The van der Waals surface area contributed by atoms with Gasteiger partial charge in [0.2, 0.25) is 5.91 Å². The van der Waals surface area contributed by atoms with Crippen molar-refractivity contribution >= 4 is 22.4 Å². The van der Waals surface area contributed by atoms with Gasteiger partial charge in [-0.3, -0.25) is 14.6 Å². The fraction of sp³-hybridized carbons (Fsp3) is 0.320. The van der Waals surface area contributed by atoms with Crippen LogP contribution in [-0.4, -0.2) is 48.4 Å². The van der Waals surface area contributed by atoms with Gasteiger partial charge < -0.3 is 5.32 Å². The van der Waals surface area contributed by atoms with E-state index in [2.05, 4.69) is 77.5 Å². The maximum absolute atomic E-state index is 12.5. The third kappa shape index (κ3) is 5.03. The van der Waals surface area contributed by atoms with E-state index in [0.717, 1.165) is 38.4 Å². The van der Waals surface area contributed by atoms with Gasteiger partial charge in [0, 0.05) is 38.4 Å². The van der Waals surface area contributed by atoms with Gasteiger partial charge in [0.05, 0.1) is 6.54 Å². The number of piperazine rings is 1. The van der Waals surface area contributed by atoms with Gasteiger partial charge in [0.1, 0.15) is 0 Å². The first-order chi connectivity index (χ1) is 14.1. The Bertz CT molecular complexity index is 980. The summed E-state index contributed by atoms with van der Waals surface area (Å²) in [5.41, 5.74) is 4.61. The van der Waals surface area contributed by atoms with Crippen LogP contribution in [0, 0.1) is 13.8 Å². The number of anilines is 1. The molecule has 0 bridgehead atoms. The SMILES string of the molecule is Cc1cc(C)cc(NC(=O)CN2CCN(Cc3cccc4ccccc34)CC2)c1. The molecule has 29 heavy (non-hydrogen) atoms. The predicted molar refractivity (Wildman–Crippen MR) is 120 cm³/mol. The zero-order valence-corrected chi connectivity index (χ0v) is 17.3. The molecule has 3 aromatic carbocycles. The summed E-state index contributed by atoms with van der Waals surface area (Å²) in [5.74, 6) is 0.0671. The van der Waals surface area contributed by atoms with Crippen LogP contribution < -0.4 is 5.32 Å². The second-order valence-electron chi connectivity index (χ2n) is 8.12. The van der Waals surface area contributed by atoms with E-state index in [1.165, 1.54) is 27.5 Å². The first kappa shape index (κ1) is 19.6. The summed E-state index contributed by atoms with van der Waals surface area (Å²) in [6.07, 6.45) is 0. The topological polar surface area (TPSA) is 35.6 Å². The van der Waals surface area contributed by atoms with Crippen molar-refractivity contribution in [3.63, 3.8) is 0 Å². The third-order valence-electron chi connectivity index (χ3n) is 5.61. The molecule has 3 aromatic rings. The summed E-state index contributed by atoms with van der Waals surface area (Å²) in [4.78, 5) is 17.2. The van der Waals surface area contributed by atoms with E-state index in [0.29, 0.717) is 6.54 Å². The van der Waals surface area contributed by atoms with Crippen LogP contribution in [0.3, 0.4) is 0 Å². The maximum Gasteiger partial charge on any atom is 0.238 e. The number of hydrogen-bond acceptors (Lipinski definition) is 3. The van der Waals surface area contributed by atoms with Crippen molar-refractivity contribution in [1.29, 1.82) is 0 Å². The molecule has 1 fully saturated rings. The van der Waals surface area contributed by atoms with Crippen LogP contribution in [0.1, 0.15) is 16.7 Å². The molecule has 1 aliphatic heterocycles. The number of carbonyl (C=O) groups is 1. The summed E-state index contributed by atoms with van der Waals surface area (Å²) >= 11 is 0. The fourth-order valence-corrected chi connectivity index (χ4v) is 4.23. The quantitative estimate of drug-likeness (QED) is 0.712. The lowest BCUT2D eigenvalue weighted by Crippen LogP contribution is -2.48. The van der Waals surface area contributed by atoms with Crippen molar-refractivity contribution in [3.8, 4) is 0 Å². The van der Waals surface area contributed by atoms with Crippen LogP contribution in [0.15, 0.2) is 60.7 Å². The van der Waals surface area contributed by atoms with Gasteiger partial charge in [-0.05, 0) is 53.4 Å². The molecule has 0 saturated carbocycles. The maximum atomic E-state index is 12.5. The third-order valence-corrected chi connectivity index (χ3v) is 5.61. The molecule has 1 heterocycles. The van der Waals surface area contributed by atoms with E-state index in [4.69, 9.17) is 0 Å². The van der Waals surface area contributed by atoms with Crippen molar-refractivity contribution in [1.82, 2.24) is 9.80 Å². The van der Waals surface area contributed by atoms with Crippen LogP contribution in [0.25, 0.3) is 10.8 Å². The summed E-state index contributed by atoms with van der Waals surface area (Å²) in [6.45, 7) is 9.34. The normalized spacial score (nSPS) is 15.5. The number of fused-ring (bicyclic) bond motifs is 1. The van der Waals surface area contributed by atoms with Gasteiger partial charge in [-0.25, -0.2) is 0 Å². The first-order valence-electron chi connectivity index (χ1n) is 10.4. The molecule has 0 radical (unpaired) electrons. The Labute approximate surface area is 173 Å². The monoisotopic (exact) mass is 387 g/mol. The highest BCUT2D eigenvalue weighted by molar-refractivity contribution is 5.92. The van der Waals surface area contributed by atoms with E-state index >= 15 is 0 Å². The Kier molecular flexibility index (Phi) is 5.93. The highest BCUT2D eigenvalue weighted by Crippen LogP contribution is 2.20. The van der Waals surface area contributed by atoms with Crippen LogP contribution in [-0.2, 0) is 11.3 Å². The molecule has 0 aromatic heterocycles. The largest absolute Gasteiger partial charge is 0.325 e. The Hall–Kier alpha value is -2.69. The van der Waals surface area contributed by atoms with Gasteiger partial charge in [-0.2, -0.15) is 0 Å². The number of carbonyl (C=O) groups excluding carboxylic acids is 1. The smallest absolute Gasteiger partial charge is 0.238 e. The Morgan fingerprint density at radius 3 is 2.28 bits per heavy atom. The molecule has 1 N–H and O–H groups in total.